The van der Waals surface area contributed by atoms with E-state index in [9.17, 15) is 13.2 Å². The minimum absolute atomic E-state index is 0.120. The van der Waals surface area contributed by atoms with E-state index in [1.54, 1.807) is 26.1 Å². The molecule has 1 aromatic rings. The van der Waals surface area contributed by atoms with Crippen LogP contribution in [0.15, 0.2) is 17.0 Å². The first-order chi connectivity index (χ1) is 9.25. The predicted molar refractivity (Wildman–Crippen MR) is 76.7 cm³/mol. The molecule has 1 saturated heterocycles. The summed E-state index contributed by atoms with van der Waals surface area (Å²) < 4.78 is 26.6. The molecule has 110 valence electrons. The van der Waals surface area contributed by atoms with E-state index in [0.717, 1.165) is 5.56 Å². The van der Waals surface area contributed by atoms with Crippen LogP contribution in [0.3, 0.4) is 0 Å². The van der Waals surface area contributed by atoms with Gasteiger partial charge in [0.15, 0.2) is 0 Å². The number of amides is 1. The third-order valence-electron chi connectivity index (χ3n) is 3.73. The van der Waals surface area contributed by atoms with Gasteiger partial charge in [0, 0.05) is 20.1 Å². The molecule has 2 rings (SSSR count). The van der Waals surface area contributed by atoms with Gasteiger partial charge >= 0.3 is 0 Å². The van der Waals surface area contributed by atoms with Crippen LogP contribution in [0.4, 0.5) is 5.69 Å². The van der Waals surface area contributed by atoms with Gasteiger partial charge in [-0.1, -0.05) is 6.07 Å². The number of carbonyl (C=O) groups is 1. The van der Waals surface area contributed by atoms with E-state index in [-0.39, 0.29) is 29.6 Å². The fourth-order valence-corrected chi connectivity index (χ4v) is 4.00. The van der Waals surface area contributed by atoms with Gasteiger partial charge in [-0.25, -0.2) is 8.42 Å². The smallest absolute Gasteiger partial charge is 0.245 e. The van der Waals surface area contributed by atoms with E-state index < -0.39 is 10.0 Å². The normalized spacial score (nSPS) is 17.6. The number of sulfonamides is 1. The topological polar surface area (TPSA) is 83.7 Å². The van der Waals surface area contributed by atoms with Crippen LogP contribution in [0.1, 0.15) is 11.1 Å². The second-order valence-corrected chi connectivity index (χ2v) is 6.95. The molecule has 2 N–H and O–H groups in total. The molecule has 0 atom stereocenters. The van der Waals surface area contributed by atoms with Gasteiger partial charge in [0.05, 0.1) is 12.2 Å². The van der Waals surface area contributed by atoms with E-state index in [2.05, 4.69) is 0 Å². The molecule has 0 bridgehead atoms. The number of piperazine rings is 1. The van der Waals surface area contributed by atoms with Crippen molar-refractivity contribution in [3.63, 3.8) is 0 Å². The van der Waals surface area contributed by atoms with Gasteiger partial charge in [0.2, 0.25) is 15.9 Å². The van der Waals surface area contributed by atoms with E-state index >= 15 is 0 Å². The fourth-order valence-electron chi connectivity index (χ4n) is 2.22. The summed E-state index contributed by atoms with van der Waals surface area (Å²) in [6, 6.07) is 3.38. The van der Waals surface area contributed by atoms with Crippen LogP contribution in [-0.4, -0.2) is 50.2 Å². The standard InChI is InChI=1S/C13H19N3O3S/c1-9-4-5-11(14)13(10(9)2)20(18,19)16-7-6-15(3)12(17)8-16/h4-5H,6-8,14H2,1-3H3. The molecule has 6 nitrogen and oxygen atoms in total. The number of carbonyl (C=O) groups excluding carboxylic acids is 1. The van der Waals surface area contributed by atoms with Crippen molar-refractivity contribution < 1.29 is 13.2 Å². The van der Waals surface area contributed by atoms with Crippen molar-refractivity contribution in [1.82, 2.24) is 9.21 Å². The number of rotatable bonds is 2. The van der Waals surface area contributed by atoms with Gasteiger partial charge in [-0.3, -0.25) is 4.79 Å². The Hall–Kier alpha value is -1.60. The van der Waals surface area contributed by atoms with Crippen LogP contribution in [-0.2, 0) is 14.8 Å². The van der Waals surface area contributed by atoms with Crippen LogP contribution in [0.5, 0.6) is 0 Å². The lowest BCUT2D eigenvalue weighted by Gasteiger charge is -2.31. The summed E-state index contributed by atoms with van der Waals surface area (Å²) in [4.78, 5) is 13.4. The zero-order chi connectivity index (χ0) is 15.1. The first-order valence-electron chi connectivity index (χ1n) is 6.35. The van der Waals surface area contributed by atoms with Crippen molar-refractivity contribution in [3.05, 3.63) is 23.3 Å². The zero-order valence-electron chi connectivity index (χ0n) is 11.9. The molecule has 1 aromatic carbocycles. The molecular weight excluding hydrogens is 278 g/mol. The summed E-state index contributed by atoms with van der Waals surface area (Å²) in [5.41, 5.74) is 7.56. The number of nitrogen functional groups attached to an aromatic ring is 1. The number of nitrogens with zero attached hydrogens (tertiary/aromatic N) is 2. The van der Waals surface area contributed by atoms with E-state index in [1.165, 1.54) is 9.21 Å². The lowest BCUT2D eigenvalue weighted by Crippen LogP contribution is -2.50. The third kappa shape index (κ3) is 2.38. The highest BCUT2D eigenvalue weighted by molar-refractivity contribution is 7.89. The highest BCUT2D eigenvalue weighted by atomic mass is 32.2. The lowest BCUT2D eigenvalue weighted by molar-refractivity contribution is -0.132. The highest BCUT2D eigenvalue weighted by Gasteiger charge is 2.33. The summed E-state index contributed by atoms with van der Waals surface area (Å²) >= 11 is 0. The van der Waals surface area contributed by atoms with Crippen LogP contribution in [0.25, 0.3) is 0 Å². The lowest BCUT2D eigenvalue weighted by atomic mass is 10.1. The molecule has 0 unspecified atom stereocenters. The monoisotopic (exact) mass is 297 g/mol. The van der Waals surface area contributed by atoms with Crippen LogP contribution in [0, 0.1) is 13.8 Å². The Morgan fingerprint density at radius 1 is 1.20 bits per heavy atom. The Labute approximate surface area is 119 Å². The molecule has 1 aliphatic rings. The number of aryl methyl sites for hydroxylation is 1. The van der Waals surface area contributed by atoms with Crippen molar-refractivity contribution in [1.29, 1.82) is 0 Å². The average molecular weight is 297 g/mol. The number of hydrogen-bond acceptors (Lipinski definition) is 4. The minimum Gasteiger partial charge on any atom is -0.398 e. The largest absolute Gasteiger partial charge is 0.398 e. The molecular formula is C13H19N3O3S. The molecule has 1 heterocycles. The second-order valence-electron chi connectivity index (χ2n) is 5.08. The van der Waals surface area contributed by atoms with Crippen molar-refractivity contribution >= 4 is 21.6 Å². The minimum atomic E-state index is -3.74. The number of anilines is 1. The number of nitrogens with two attached hydrogens (primary N) is 1. The maximum absolute atomic E-state index is 12.7. The zero-order valence-corrected chi connectivity index (χ0v) is 12.7. The molecule has 1 fully saturated rings. The van der Waals surface area contributed by atoms with Gasteiger partial charge in [-0.05, 0) is 31.0 Å². The van der Waals surface area contributed by atoms with Crippen molar-refractivity contribution in [3.8, 4) is 0 Å². The van der Waals surface area contributed by atoms with Crippen molar-refractivity contribution in [2.24, 2.45) is 0 Å². The highest BCUT2D eigenvalue weighted by Crippen LogP contribution is 2.28. The molecule has 0 spiro atoms. The van der Waals surface area contributed by atoms with Gasteiger partial charge < -0.3 is 10.6 Å². The summed E-state index contributed by atoms with van der Waals surface area (Å²) in [6.07, 6.45) is 0. The van der Waals surface area contributed by atoms with Crippen molar-refractivity contribution in [2.45, 2.75) is 18.7 Å². The van der Waals surface area contributed by atoms with Crippen LogP contribution < -0.4 is 5.73 Å². The Morgan fingerprint density at radius 2 is 1.85 bits per heavy atom. The first-order valence-corrected chi connectivity index (χ1v) is 7.79. The molecule has 0 aliphatic carbocycles. The van der Waals surface area contributed by atoms with E-state index in [4.69, 9.17) is 5.73 Å². The molecule has 1 aliphatic heterocycles. The van der Waals surface area contributed by atoms with Gasteiger partial charge in [0.25, 0.3) is 0 Å². The predicted octanol–water partition coefficient (Wildman–Crippen LogP) is 0.348. The van der Waals surface area contributed by atoms with Gasteiger partial charge in [-0.2, -0.15) is 4.31 Å². The fraction of sp³-hybridized carbons (Fsp3) is 0.462. The van der Waals surface area contributed by atoms with Gasteiger partial charge in [-0.15, -0.1) is 0 Å². The second kappa shape index (κ2) is 5.06. The number of benzene rings is 1. The Kier molecular flexibility index (Phi) is 3.75. The van der Waals surface area contributed by atoms with Gasteiger partial charge in [0.1, 0.15) is 4.90 Å². The SMILES string of the molecule is Cc1ccc(N)c(S(=O)(=O)N2CCN(C)C(=O)C2)c1C. The number of likely N-dealkylation sites (N-methyl/N-ethyl adjacent to an activating group) is 1. The summed E-state index contributed by atoms with van der Waals surface area (Å²) in [6.45, 7) is 4.12. The summed E-state index contributed by atoms with van der Waals surface area (Å²) in [5, 5.41) is 0. The Balaban J connectivity index is 2.47. The molecule has 0 saturated carbocycles. The maximum Gasteiger partial charge on any atom is 0.245 e. The molecule has 0 radical (unpaired) electrons. The Morgan fingerprint density at radius 3 is 2.45 bits per heavy atom. The third-order valence-corrected chi connectivity index (χ3v) is 5.78. The molecule has 20 heavy (non-hydrogen) atoms. The molecule has 7 heteroatoms. The summed E-state index contributed by atoms with van der Waals surface area (Å²) in [5.74, 6) is -0.205. The maximum atomic E-state index is 12.7. The van der Waals surface area contributed by atoms with E-state index in [0.29, 0.717) is 12.1 Å². The van der Waals surface area contributed by atoms with E-state index in [1.807, 2.05) is 6.92 Å². The van der Waals surface area contributed by atoms with Crippen LogP contribution >= 0.6 is 0 Å². The average Bonchev–Trinajstić information content (AvgIpc) is 2.37. The number of hydrogen-bond donors (Lipinski definition) is 1. The van der Waals surface area contributed by atoms with Crippen molar-refractivity contribution in [2.75, 3.05) is 32.4 Å². The summed E-state index contributed by atoms with van der Waals surface area (Å²) in [7, 11) is -2.08. The quantitative estimate of drug-likeness (QED) is 0.798. The first kappa shape index (κ1) is 14.8. The van der Waals surface area contributed by atoms with Crippen LogP contribution in [0.2, 0.25) is 0 Å². The molecule has 0 aromatic heterocycles. The Bertz CT molecular complexity index is 655. The molecule has 1 amide bonds.